The molecule has 0 atom stereocenters. The third kappa shape index (κ3) is 10.1. The Morgan fingerprint density at radius 3 is 2.26 bits per heavy atom. The molecule has 2 rings (SSSR count). The number of hydrogen-bond acceptors (Lipinski definition) is 5. The molecule has 0 saturated carbocycles. The fourth-order valence-electron chi connectivity index (χ4n) is 3.18. The summed E-state index contributed by atoms with van der Waals surface area (Å²) in [6.45, 7) is 13.5. The molecule has 0 fully saturated rings. The molecule has 0 aliphatic heterocycles. The third-order valence-electron chi connectivity index (χ3n) is 4.79. The molecule has 3 amide bonds. The Bertz CT molecular complexity index is 1050. The summed E-state index contributed by atoms with van der Waals surface area (Å²) in [6.07, 6.45) is -0.661. The number of ether oxygens (including phenoxy) is 2. The summed E-state index contributed by atoms with van der Waals surface area (Å²) in [6, 6.07) is 13.0. The number of anilines is 1. The van der Waals surface area contributed by atoms with Crippen molar-refractivity contribution in [3.05, 3.63) is 59.2 Å². The van der Waals surface area contributed by atoms with Crippen LogP contribution < -0.4 is 20.7 Å². The summed E-state index contributed by atoms with van der Waals surface area (Å²) in [7, 11) is 0. The van der Waals surface area contributed by atoms with Gasteiger partial charge < -0.3 is 25.4 Å². The molecule has 0 aliphatic rings. The van der Waals surface area contributed by atoms with Crippen LogP contribution in [0, 0.1) is 6.92 Å². The number of rotatable bonds is 8. The molecule has 0 unspecified atom stereocenters. The largest absolute Gasteiger partial charge is 0.483 e. The van der Waals surface area contributed by atoms with E-state index in [1.807, 2.05) is 25.1 Å². The zero-order valence-corrected chi connectivity index (χ0v) is 21.7. The van der Waals surface area contributed by atoms with E-state index in [0.29, 0.717) is 11.4 Å². The summed E-state index contributed by atoms with van der Waals surface area (Å²) in [5, 5.41) is 7.96. The van der Waals surface area contributed by atoms with Crippen LogP contribution in [0.2, 0.25) is 0 Å². The van der Waals surface area contributed by atoms with Crippen molar-refractivity contribution in [3.8, 4) is 5.75 Å². The van der Waals surface area contributed by atoms with Crippen LogP contribution in [-0.2, 0) is 26.3 Å². The first kappa shape index (κ1) is 27.7. The van der Waals surface area contributed by atoms with E-state index in [4.69, 9.17) is 9.47 Å². The number of hydrogen-bond donors (Lipinski definition) is 3. The van der Waals surface area contributed by atoms with Crippen molar-refractivity contribution in [2.45, 2.75) is 66.0 Å². The fourth-order valence-corrected chi connectivity index (χ4v) is 3.18. The molecule has 3 N–H and O–H groups in total. The van der Waals surface area contributed by atoms with Crippen molar-refractivity contribution in [2.24, 2.45) is 0 Å². The van der Waals surface area contributed by atoms with Crippen LogP contribution >= 0.6 is 0 Å². The van der Waals surface area contributed by atoms with E-state index in [0.717, 1.165) is 16.7 Å². The highest BCUT2D eigenvalue weighted by Gasteiger charge is 2.20. The lowest BCUT2D eigenvalue weighted by Gasteiger charge is -2.23. The van der Waals surface area contributed by atoms with Gasteiger partial charge in [0.15, 0.2) is 6.61 Å². The minimum atomic E-state index is -0.661. The highest BCUT2D eigenvalue weighted by molar-refractivity contribution is 5.93. The summed E-state index contributed by atoms with van der Waals surface area (Å²) in [5.74, 6) is 0.0579. The second-order valence-electron chi connectivity index (χ2n) is 10.4. The predicted molar refractivity (Wildman–Crippen MR) is 137 cm³/mol. The van der Waals surface area contributed by atoms with Gasteiger partial charge in [-0.15, -0.1) is 0 Å². The zero-order valence-electron chi connectivity index (χ0n) is 21.7. The molecule has 2 aromatic rings. The SMILES string of the molecule is Cc1ccc(OCC(=O)NCc2cccc(NC(=O)CNC(=O)OC(C)(C)C)c2)c(C(C)(C)C)c1. The molecule has 0 bridgehead atoms. The fraction of sp³-hybridized carbons (Fsp3) is 0.444. The monoisotopic (exact) mass is 483 g/mol. The van der Waals surface area contributed by atoms with Crippen LogP contribution in [0.25, 0.3) is 0 Å². The van der Waals surface area contributed by atoms with E-state index in [-0.39, 0.29) is 31.0 Å². The lowest BCUT2D eigenvalue weighted by atomic mass is 9.85. The van der Waals surface area contributed by atoms with Crippen molar-refractivity contribution in [1.82, 2.24) is 10.6 Å². The molecule has 0 saturated heterocycles. The summed E-state index contributed by atoms with van der Waals surface area (Å²) >= 11 is 0. The van der Waals surface area contributed by atoms with Crippen molar-refractivity contribution in [3.63, 3.8) is 0 Å². The first-order chi connectivity index (χ1) is 16.2. The maximum Gasteiger partial charge on any atom is 0.408 e. The Hall–Kier alpha value is -3.55. The molecule has 8 nitrogen and oxygen atoms in total. The van der Waals surface area contributed by atoms with E-state index >= 15 is 0 Å². The molecule has 2 aromatic carbocycles. The van der Waals surface area contributed by atoms with Gasteiger partial charge in [-0.05, 0) is 62.4 Å². The molecular formula is C27H37N3O5. The minimum Gasteiger partial charge on any atom is -0.483 e. The number of benzene rings is 2. The van der Waals surface area contributed by atoms with Gasteiger partial charge in [0.05, 0.1) is 0 Å². The van der Waals surface area contributed by atoms with Crippen LogP contribution in [0.4, 0.5) is 10.5 Å². The van der Waals surface area contributed by atoms with E-state index < -0.39 is 17.6 Å². The van der Waals surface area contributed by atoms with Gasteiger partial charge >= 0.3 is 6.09 Å². The third-order valence-corrected chi connectivity index (χ3v) is 4.79. The van der Waals surface area contributed by atoms with Crippen LogP contribution in [0.15, 0.2) is 42.5 Å². The lowest BCUT2D eigenvalue weighted by molar-refractivity contribution is -0.123. The normalized spacial score (nSPS) is 11.4. The second-order valence-corrected chi connectivity index (χ2v) is 10.4. The first-order valence-corrected chi connectivity index (χ1v) is 11.6. The Labute approximate surface area is 207 Å². The van der Waals surface area contributed by atoms with Crippen LogP contribution in [0.3, 0.4) is 0 Å². The van der Waals surface area contributed by atoms with Gasteiger partial charge in [0.2, 0.25) is 5.91 Å². The van der Waals surface area contributed by atoms with Gasteiger partial charge in [-0.25, -0.2) is 4.79 Å². The molecule has 0 spiro atoms. The Morgan fingerprint density at radius 1 is 0.886 bits per heavy atom. The van der Waals surface area contributed by atoms with Gasteiger partial charge in [-0.3, -0.25) is 9.59 Å². The quantitative estimate of drug-likeness (QED) is 0.514. The lowest BCUT2D eigenvalue weighted by Crippen LogP contribution is -2.37. The van der Waals surface area contributed by atoms with Gasteiger partial charge in [0.1, 0.15) is 17.9 Å². The molecule has 0 aromatic heterocycles. The molecule has 8 heteroatoms. The van der Waals surface area contributed by atoms with Crippen molar-refractivity contribution in [2.75, 3.05) is 18.5 Å². The maximum absolute atomic E-state index is 12.4. The predicted octanol–water partition coefficient (Wildman–Crippen LogP) is 4.45. The molecule has 190 valence electrons. The number of nitrogens with one attached hydrogen (secondary N) is 3. The zero-order chi connectivity index (χ0) is 26.2. The van der Waals surface area contributed by atoms with E-state index in [1.165, 1.54) is 0 Å². The second kappa shape index (κ2) is 11.7. The molecule has 0 heterocycles. The average molecular weight is 484 g/mol. The van der Waals surface area contributed by atoms with Crippen LogP contribution in [0.5, 0.6) is 5.75 Å². The number of carbonyl (C=O) groups is 3. The van der Waals surface area contributed by atoms with Crippen molar-refractivity contribution >= 4 is 23.6 Å². The molecule has 0 aliphatic carbocycles. The maximum atomic E-state index is 12.4. The molecule has 0 radical (unpaired) electrons. The van der Waals surface area contributed by atoms with Gasteiger partial charge in [-0.1, -0.05) is 50.6 Å². The van der Waals surface area contributed by atoms with Crippen LogP contribution in [0.1, 0.15) is 58.2 Å². The van der Waals surface area contributed by atoms with Gasteiger partial charge in [0.25, 0.3) is 5.91 Å². The van der Waals surface area contributed by atoms with E-state index in [2.05, 4.69) is 42.8 Å². The van der Waals surface area contributed by atoms with Gasteiger partial charge in [-0.2, -0.15) is 0 Å². The van der Waals surface area contributed by atoms with E-state index in [1.54, 1.807) is 39.0 Å². The minimum absolute atomic E-state index is 0.0983. The number of carbonyl (C=O) groups excluding carboxylic acids is 3. The topological polar surface area (TPSA) is 106 Å². The van der Waals surface area contributed by atoms with E-state index in [9.17, 15) is 14.4 Å². The Morgan fingerprint density at radius 2 is 1.60 bits per heavy atom. The number of amides is 3. The average Bonchev–Trinajstić information content (AvgIpc) is 2.74. The molecular weight excluding hydrogens is 446 g/mol. The Balaban J connectivity index is 1.84. The Kier molecular flexibility index (Phi) is 9.28. The summed E-state index contributed by atoms with van der Waals surface area (Å²) < 4.78 is 10.9. The standard InChI is InChI=1S/C27H37N3O5/c1-18-11-12-22(21(13-18)26(2,3)4)34-17-24(32)28-15-19-9-8-10-20(14-19)30-23(31)16-29-25(33)35-27(5,6)7/h8-14H,15-17H2,1-7H3,(H,28,32)(H,29,33)(H,30,31). The summed E-state index contributed by atoms with van der Waals surface area (Å²) in [4.78, 5) is 36.2. The molecule has 35 heavy (non-hydrogen) atoms. The highest BCUT2D eigenvalue weighted by Crippen LogP contribution is 2.32. The number of alkyl carbamates (subject to hydrolysis) is 1. The van der Waals surface area contributed by atoms with Crippen LogP contribution in [-0.4, -0.2) is 36.7 Å². The van der Waals surface area contributed by atoms with Crippen molar-refractivity contribution in [1.29, 1.82) is 0 Å². The smallest absolute Gasteiger partial charge is 0.408 e. The number of aryl methyl sites for hydroxylation is 1. The highest BCUT2D eigenvalue weighted by atomic mass is 16.6. The summed E-state index contributed by atoms with van der Waals surface area (Å²) in [5.41, 5.74) is 2.81. The van der Waals surface area contributed by atoms with Gasteiger partial charge in [0, 0.05) is 12.2 Å². The van der Waals surface area contributed by atoms with Crippen molar-refractivity contribution < 1.29 is 23.9 Å². The first-order valence-electron chi connectivity index (χ1n) is 11.6.